The predicted octanol–water partition coefficient (Wildman–Crippen LogP) is 3.31. The number of aliphatic hydroxyl groups is 1. The van der Waals surface area contributed by atoms with Crippen molar-refractivity contribution < 1.29 is 5.11 Å². The molecule has 2 rings (SSSR count). The van der Waals surface area contributed by atoms with Crippen LogP contribution in [0.1, 0.15) is 40.0 Å². The lowest BCUT2D eigenvalue weighted by atomic mass is 9.76. The minimum absolute atomic E-state index is 0.245. The van der Waals surface area contributed by atoms with Gasteiger partial charge in [-0.25, -0.2) is 0 Å². The Bertz CT molecular complexity index is 302. The largest absolute Gasteiger partial charge is 0.389 e. The van der Waals surface area contributed by atoms with Crippen molar-refractivity contribution in [1.82, 2.24) is 0 Å². The number of fused-ring (bicyclic) bond motifs is 2. The molecule has 2 bridgehead atoms. The van der Waals surface area contributed by atoms with E-state index in [1.165, 1.54) is 12.8 Å². The average molecular weight is 206 g/mol. The monoisotopic (exact) mass is 206 g/mol. The van der Waals surface area contributed by atoms with E-state index in [1.54, 1.807) is 0 Å². The summed E-state index contributed by atoms with van der Waals surface area (Å²) in [4.78, 5) is 0. The lowest BCUT2D eigenvalue weighted by Gasteiger charge is -2.29. The molecule has 84 valence electrons. The maximum absolute atomic E-state index is 9.79. The Morgan fingerprint density at radius 2 is 2.33 bits per heavy atom. The molecule has 1 fully saturated rings. The fourth-order valence-corrected chi connectivity index (χ4v) is 3.24. The van der Waals surface area contributed by atoms with Crippen LogP contribution in [-0.4, -0.2) is 11.2 Å². The first-order chi connectivity index (χ1) is 7.05. The van der Waals surface area contributed by atoms with E-state index in [4.69, 9.17) is 0 Å². The van der Waals surface area contributed by atoms with Crippen LogP contribution in [0.2, 0.25) is 0 Å². The summed E-state index contributed by atoms with van der Waals surface area (Å²) in [5.41, 5.74) is 1.46. The van der Waals surface area contributed by atoms with Gasteiger partial charge in [0.2, 0.25) is 0 Å². The standard InChI is InChI=1S/C14H22O/c1-4-13(15)10(2)8-14(3)9-11-5-6-12(14)7-11/h5-6,8,11-13,15H,4,7,9H2,1-3H3. The van der Waals surface area contributed by atoms with Gasteiger partial charge in [0, 0.05) is 0 Å². The van der Waals surface area contributed by atoms with Crippen LogP contribution in [0.25, 0.3) is 0 Å². The van der Waals surface area contributed by atoms with Gasteiger partial charge in [0.25, 0.3) is 0 Å². The van der Waals surface area contributed by atoms with Gasteiger partial charge in [-0.15, -0.1) is 0 Å². The zero-order valence-electron chi connectivity index (χ0n) is 10.0. The third-order valence-electron chi connectivity index (χ3n) is 4.19. The number of hydrogen-bond donors (Lipinski definition) is 1. The highest BCUT2D eigenvalue weighted by Gasteiger charge is 2.43. The van der Waals surface area contributed by atoms with Crippen LogP contribution in [0.4, 0.5) is 0 Å². The maximum Gasteiger partial charge on any atom is 0.0745 e. The molecule has 0 saturated heterocycles. The molecule has 2 aliphatic carbocycles. The molecule has 0 aromatic heterocycles. The maximum atomic E-state index is 9.79. The molecule has 1 heteroatoms. The van der Waals surface area contributed by atoms with E-state index in [0.29, 0.717) is 11.3 Å². The SMILES string of the molecule is CCC(O)C(C)=CC1(C)CC2C=CC1C2. The van der Waals surface area contributed by atoms with Crippen molar-refractivity contribution in [3.8, 4) is 0 Å². The number of aliphatic hydroxyl groups excluding tert-OH is 1. The van der Waals surface area contributed by atoms with Crippen molar-refractivity contribution in [1.29, 1.82) is 0 Å². The molecule has 1 nitrogen and oxygen atoms in total. The highest BCUT2D eigenvalue weighted by Crippen LogP contribution is 2.53. The van der Waals surface area contributed by atoms with Gasteiger partial charge >= 0.3 is 0 Å². The molecule has 0 spiro atoms. The molecule has 0 aromatic rings. The van der Waals surface area contributed by atoms with Crippen molar-refractivity contribution in [2.45, 2.75) is 46.1 Å². The second kappa shape index (κ2) is 3.79. The van der Waals surface area contributed by atoms with Crippen LogP contribution >= 0.6 is 0 Å². The molecule has 4 unspecified atom stereocenters. The van der Waals surface area contributed by atoms with Gasteiger partial charge < -0.3 is 5.11 Å². The quantitative estimate of drug-likeness (QED) is 0.702. The third-order valence-corrected chi connectivity index (χ3v) is 4.19. The second-order valence-electron chi connectivity index (χ2n) is 5.51. The fourth-order valence-electron chi connectivity index (χ4n) is 3.24. The van der Waals surface area contributed by atoms with E-state index in [1.807, 2.05) is 6.92 Å². The zero-order chi connectivity index (χ0) is 11.1. The van der Waals surface area contributed by atoms with Crippen molar-refractivity contribution in [3.05, 3.63) is 23.8 Å². The van der Waals surface area contributed by atoms with E-state index < -0.39 is 0 Å². The molecule has 2 aliphatic rings. The summed E-state index contributed by atoms with van der Waals surface area (Å²) >= 11 is 0. The Kier molecular flexibility index (Phi) is 2.76. The summed E-state index contributed by atoms with van der Waals surface area (Å²) in [6, 6.07) is 0. The first-order valence-corrected chi connectivity index (χ1v) is 6.11. The van der Waals surface area contributed by atoms with E-state index in [2.05, 4.69) is 32.1 Å². The summed E-state index contributed by atoms with van der Waals surface area (Å²) in [6.07, 6.45) is 10.2. The topological polar surface area (TPSA) is 20.2 Å². The minimum atomic E-state index is -0.245. The van der Waals surface area contributed by atoms with Gasteiger partial charge in [-0.05, 0) is 49.0 Å². The molecule has 4 atom stereocenters. The summed E-state index contributed by atoms with van der Waals surface area (Å²) in [5.74, 6) is 1.50. The van der Waals surface area contributed by atoms with Gasteiger partial charge in [-0.1, -0.05) is 32.1 Å². The second-order valence-corrected chi connectivity index (χ2v) is 5.51. The van der Waals surface area contributed by atoms with Crippen molar-refractivity contribution in [2.75, 3.05) is 0 Å². The molecule has 0 heterocycles. The predicted molar refractivity (Wildman–Crippen MR) is 63.5 cm³/mol. The van der Waals surface area contributed by atoms with Crippen molar-refractivity contribution >= 4 is 0 Å². The van der Waals surface area contributed by atoms with Crippen LogP contribution in [-0.2, 0) is 0 Å². The lowest BCUT2D eigenvalue weighted by Crippen LogP contribution is -2.21. The highest BCUT2D eigenvalue weighted by atomic mass is 16.3. The summed E-state index contributed by atoms with van der Waals surface area (Å²) in [6.45, 7) is 6.44. The Balaban J connectivity index is 2.14. The number of allylic oxidation sites excluding steroid dienone is 3. The fraction of sp³-hybridized carbons (Fsp3) is 0.714. The van der Waals surface area contributed by atoms with E-state index >= 15 is 0 Å². The molecule has 0 radical (unpaired) electrons. The zero-order valence-corrected chi connectivity index (χ0v) is 10.0. The van der Waals surface area contributed by atoms with Crippen LogP contribution in [0.5, 0.6) is 0 Å². The highest BCUT2D eigenvalue weighted by molar-refractivity contribution is 5.23. The first kappa shape index (κ1) is 10.9. The van der Waals surface area contributed by atoms with Crippen LogP contribution in [0.15, 0.2) is 23.8 Å². The van der Waals surface area contributed by atoms with Gasteiger partial charge in [-0.3, -0.25) is 0 Å². The van der Waals surface area contributed by atoms with E-state index in [-0.39, 0.29) is 6.10 Å². The molecular weight excluding hydrogens is 184 g/mol. The molecule has 0 amide bonds. The molecular formula is C14H22O. The Labute approximate surface area is 92.9 Å². The van der Waals surface area contributed by atoms with E-state index in [9.17, 15) is 5.11 Å². The Morgan fingerprint density at radius 3 is 2.80 bits per heavy atom. The molecule has 0 aliphatic heterocycles. The van der Waals surface area contributed by atoms with Gasteiger partial charge in [0.05, 0.1) is 6.10 Å². The normalized spacial score (nSPS) is 41.2. The molecule has 15 heavy (non-hydrogen) atoms. The number of rotatable bonds is 3. The smallest absolute Gasteiger partial charge is 0.0745 e. The van der Waals surface area contributed by atoms with Crippen LogP contribution in [0, 0.1) is 17.3 Å². The summed E-state index contributed by atoms with van der Waals surface area (Å²) in [7, 11) is 0. The third kappa shape index (κ3) is 1.90. The number of hydrogen-bond acceptors (Lipinski definition) is 1. The molecule has 1 saturated carbocycles. The van der Waals surface area contributed by atoms with Gasteiger partial charge in [-0.2, -0.15) is 0 Å². The van der Waals surface area contributed by atoms with E-state index in [0.717, 1.165) is 17.9 Å². The summed E-state index contributed by atoms with van der Waals surface area (Å²) < 4.78 is 0. The van der Waals surface area contributed by atoms with Gasteiger partial charge in [0.1, 0.15) is 0 Å². The average Bonchev–Trinajstić information content (AvgIpc) is 2.75. The molecule has 0 aromatic carbocycles. The lowest BCUT2D eigenvalue weighted by molar-refractivity contribution is 0.202. The van der Waals surface area contributed by atoms with Crippen LogP contribution < -0.4 is 0 Å². The first-order valence-electron chi connectivity index (χ1n) is 6.11. The van der Waals surface area contributed by atoms with Crippen molar-refractivity contribution in [3.63, 3.8) is 0 Å². The Hall–Kier alpha value is -0.560. The summed E-state index contributed by atoms with van der Waals surface area (Å²) in [5, 5.41) is 9.79. The Morgan fingerprint density at radius 1 is 1.60 bits per heavy atom. The molecule has 1 N–H and O–H groups in total. The van der Waals surface area contributed by atoms with Crippen LogP contribution in [0.3, 0.4) is 0 Å². The minimum Gasteiger partial charge on any atom is -0.389 e. The van der Waals surface area contributed by atoms with Gasteiger partial charge in [0.15, 0.2) is 0 Å². The van der Waals surface area contributed by atoms with Crippen molar-refractivity contribution in [2.24, 2.45) is 17.3 Å².